The molecule has 0 unspecified atom stereocenters. The molecule has 15 heavy (non-hydrogen) atoms. The molecule has 2 heterocycles. The molecule has 3 N–H and O–H groups in total. The molecule has 7 heteroatoms. The lowest BCUT2D eigenvalue weighted by atomic mass is 10.3. The molecule has 2 rings (SSSR count). The van der Waals surface area contributed by atoms with Crippen LogP contribution in [0.25, 0.3) is 5.65 Å². The lowest BCUT2D eigenvalue weighted by Crippen LogP contribution is -2.32. The van der Waals surface area contributed by atoms with E-state index in [4.69, 9.17) is 5.84 Å². The molecule has 0 bridgehead atoms. The summed E-state index contributed by atoms with van der Waals surface area (Å²) in [6.07, 6.45) is 0. The van der Waals surface area contributed by atoms with E-state index in [9.17, 15) is 4.79 Å². The Hall–Kier alpha value is -2.02. The summed E-state index contributed by atoms with van der Waals surface area (Å²) in [7, 11) is 0. The van der Waals surface area contributed by atoms with Crippen LogP contribution in [0.4, 0.5) is 0 Å². The van der Waals surface area contributed by atoms with E-state index in [1.807, 2.05) is 12.3 Å². The smallest absolute Gasteiger partial charge is 0.287 e. The molecule has 2 aromatic rings. The summed E-state index contributed by atoms with van der Waals surface area (Å²) in [5.74, 6) is 4.55. The zero-order chi connectivity index (χ0) is 11.0. The molecular weight excluding hydrogens is 196 g/mol. The number of fused-ring (bicyclic) bond motifs is 1. The van der Waals surface area contributed by atoms with Gasteiger partial charge < -0.3 is 0 Å². The fraction of sp³-hybridized carbons (Fsp3) is 0.250. The normalized spacial score (nSPS) is 10.6. The first-order valence-electron chi connectivity index (χ1n) is 4.34. The number of carbonyl (C=O) groups excluding carboxylic acids is 1. The zero-order valence-corrected chi connectivity index (χ0v) is 8.35. The summed E-state index contributed by atoms with van der Waals surface area (Å²) in [4.78, 5) is 11.3. The Bertz CT molecular complexity index is 531. The van der Waals surface area contributed by atoms with Crippen molar-refractivity contribution in [1.29, 1.82) is 0 Å². The van der Waals surface area contributed by atoms with Gasteiger partial charge in [0.2, 0.25) is 0 Å². The summed E-state index contributed by atoms with van der Waals surface area (Å²) in [6.45, 7) is 3.58. The third-order valence-electron chi connectivity index (χ3n) is 2.07. The summed E-state index contributed by atoms with van der Waals surface area (Å²) < 4.78 is 1.56. The molecule has 0 atom stereocenters. The van der Waals surface area contributed by atoms with Crippen LogP contribution in [0.1, 0.15) is 21.9 Å². The second kappa shape index (κ2) is 3.28. The molecular formula is C8H10N6O. The number of carbonyl (C=O) groups is 1. The molecule has 0 fully saturated rings. The minimum atomic E-state index is -0.477. The monoisotopic (exact) mass is 206 g/mol. The van der Waals surface area contributed by atoms with Crippen LogP contribution in [-0.2, 0) is 0 Å². The lowest BCUT2D eigenvalue weighted by molar-refractivity contribution is 0.0946. The van der Waals surface area contributed by atoms with Crippen molar-refractivity contribution >= 4 is 11.6 Å². The second-order valence-electron chi connectivity index (χ2n) is 3.16. The first-order chi connectivity index (χ1) is 7.13. The van der Waals surface area contributed by atoms with Crippen molar-refractivity contribution in [3.63, 3.8) is 0 Å². The first-order valence-corrected chi connectivity index (χ1v) is 4.34. The maximum atomic E-state index is 11.3. The van der Waals surface area contributed by atoms with Crippen LogP contribution in [0.2, 0.25) is 0 Å². The van der Waals surface area contributed by atoms with Gasteiger partial charge in [-0.3, -0.25) is 10.2 Å². The quantitative estimate of drug-likeness (QED) is 0.367. The molecule has 0 saturated heterocycles. The molecule has 0 saturated carbocycles. The highest BCUT2D eigenvalue weighted by molar-refractivity contribution is 5.92. The van der Waals surface area contributed by atoms with Gasteiger partial charge in [0.25, 0.3) is 5.91 Å². The maximum absolute atomic E-state index is 11.3. The van der Waals surface area contributed by atoms with Crippen molar-refractivity contribution < 1.29 is 4.79 Å². The Kier molecular flexibility index (Phi) is 2.09. The van der Waals surface area contributed by atoms with Gasteiger partial charge in [0.15, 0.2) is 11.3 Å². The van der Waals surface area contributed by atoms with E-state index >= 15 is 0 Å². The van der Waals surface area contributed by atoms with Crippen LogP contribution in [-0.4, -0.2) is 25.7 Å². The average molecular weight is 206 g/mol. The van der Waals surface area contributed by atoms with Gasteiger partial charge in [0.1, 0.15) is 0 Å². The average Bonchev–Trinajstić information content (AvgIpc) is 2.59. The highest BCUT2D eigenvalue weighted by Gasteiger charge is 2.14. The van der Waals surface area contributed by atoms with Crippen LogP contribution in [0.3, 0.4) is 0 Å². The number of rotatable bonds is 1. The van der Waals surface area contributed by atoms with E-state index in [-0.39, 0.29) is 5.69 Å². The number of nitrogens with two attached hydrogens (primary N) is 1. The first kappa shape index (κ1) is 9.53. The van der Waals surface area contributed by atoms with Crippen molar-refractivity contribution in [3.05, 3.63) is 23.1 Å². The van der Waals surface area contributed by atoms with Gasteiger partial charge in [-0.15, -0.1) is 10.2 Å². The van der Waals surface area contributed by atoms with Gasteiger partial charge in [0.05, 0.1) is 11.4 Å². The number of aryl methyl sites for hydroxylation is 2. The van der Waals surface area contributed by atoms with Crippen molar-refractivity contribution in [1.82, 2.24) is 25.2 Å². The molecule has 0 aromatic carbocycles. The molecule has 2 aromatic heterocycles. The van der Waals surface area contributed by atoms with Crippen molar-refractivity contribution in [3.8, 4) is 0 Å². The topological polar surface area (TPSA) is 98.2 Å². The van der Waals surface area contributed by atoms with E-state index in [2.05, 4.69) is 15.3 Å². The predicted octanol–water partition coefficient (Wildman–Crippen LogP) is -0.655. The van der Waals surface area contributed by atoms with E-state index in [0.29, 0.717) is 11.3 Å². The third-order valence-corrected chi connectivity index (χ3v) is 2.07. The van der Waals surface area contributed by atoms with Crippen LogP contribution in [0.5, 0.6) is 0 Å². The van der Waals surface area contributed by atoms with Crippen molar-refractivity contribution in [2.75, 3.05) is 0 Å². The Morgan fingerprint density at radius 3 is 2.87 bits per heavy atom. The number of amides is 1. The highest BCUT2D eigenvalue weighted by atomic mass is 16.2. The number of hydrazine groups is 1. The van der Waals surface area contributed by atoms with Gasteiger partial charge in [-0.1, -0.05) is 0 Å². The molecule has 0 aliphatic heterocycles. The molecule has 0 spiro atoms. The van der Waals surface area contributed by atoms with Crippen LogP contribution >= 0.6 is 0 Å². The Labute approximate surface area is 85.3 Å². The summed E-state index contributed by atoms with van der Waals surface area (Å²) in [5, 5.41) is 11.8. The number of nitrogens with one attached hydrogen (secondary N) is 1. The summed E-state index contributed by atoms with van der Waals surface area (Å²) >= 11 is 0. The van der Waals surface area contributed by atoms with Crippen LogP contribution < -0.4 is 11.3 Å². The number of nitrogen functional groups attached to an aromatic ring is 1. The van der Waals surface area contributed by atoms with Gasteiger partial charge >= 0.3 is 0 Å². The van der Waals surface area contributed by atoms with Gasteiger partial charge in [-0.25, -0.2) is 10.4 Å². The van der Waals surface area contributed by atoms with Gasteiger partial charge in [-0.2, -0.15) is 5.10 Å². The highest BCUT2D eigenvalue weighted by Crippen LogP contribution is 2.07. The maximum Gasteiger partial charge on any atom is 0.287 e. The Morgan fingerprint density at radius 1 is 1.47 bits per heavy atom. The molecule has 7 nitrogen and oxygen atoms in total. The molecule has 0 aliphatic carbocycles. The number of aromatic nitrogens is 4. The molecule has 78 valence electrons. The fourth-order valence-corrected chi connectivity index (χ4v) is 1.36. The van der Waals surface area contributed by atoms with E-state index < -0.39 is 5.91 Å². The predicted molar refractivity (Wildman–Crippen MR) is 51.9 cm³/mol. The zero-order valence-electron chi connectivity index (χ0n) is 8.35. The summed E-state index contributed by atoms with van der Waals surface area (Å²) in [6, 6.07) is 1.78. The minimum absolute atomic E-state index is 0.174. The standard InChI is InChI=1S/C8H10N6O/c1-4-3-6-11-12-7(8(15)10-9)5(2)14(6)13-4/h3H,9H2,1-2H3,(H,10,15). The van der Waals surface area contributed by atoms with Crippen molar-refractivity contribution in [2.24, 2.45) is 5.84 Å². The minimum Gasteiger partial charge on any atom is -0.289 e. The van der Waals surface area contributed by atoms with E-state index in [0.717, 1.165) is 5.69 Å². The lowest BCUT2D eigenvalue weighted by Gasteiger charge is -2.03. The van der Waals surface area contributed by atoms with Crippen molar-refractivity contribution in [2.45, 2.75) is 13.8 Å². The van der Waals surface area contributed by atoms with Gasteiger partial charge in [-0.05, 0) is 13.8 Å². The molecule has 0 radical (unpaired) electrons. The fourth-order valence-electron chi connectivity index (χ4n) is 1.36. The Balaban J connectivity index is 2.69. The number of nitrogens with zero attached hydrogens (tertiary/aromatic N) is 4. The number of hydrogen-bond donors (Lipinski definition) is 2. The van der Waals surface area contributed by atoms with Crippen LogP contribution in [0, 0.1) is 13.8 Å². The number of hydrogen-bond acceptors (Lipinski definition) is 5. The SMILES string of the molecule is Cc1cc2nnc(C(=O)NN)c(C)n2n1. The molecule has 1 amide bonds. The molecule has 0 aliphatic rings. The van der Waals surface area contributed by atoms with E-state index in [1.54, 1.807) is 17.5 Å². The second-order valence-corrected chi connectivity index (χ2v) is 3.16. The van der Waals surface area contributed by atoms with E-state index in [1.165, 1.54) is 0 Å². The Morgan fingerprint density at radius 2 is 2.20 bits per heavy atom. The summed E-state index contributed by atoms with van der Waals surface area (Å²) in [5.41, 5.74) is 4.22. The largest absolute Gasteiger partial charge is 0.289 e. The van der Waals surface area contributed by atoms with Crippen LogP contribution in [0.15, 0.2) is 6.07 Å². The third kappa shape index (κ3) is 1.42. The van der Waals surface area contributed by atoms with Gasteiger partial charge in [0, 0.05) is 6.07 Å².